The summed E-state index contributed by atoms with van der Waals surface area (Å²) in [7, 11) is 0. The van der Waals surface area contributed by atoms with Gasteiger partial charge in [-0.25, -0.2) is 0 Å². The molecule has 0 aliphatic carbocycles. The van der Waals surface area contributed by atoms with Gasteiger partial charge < -0.3 is 15.5 Å². The average molecular weight is 382 g/mol. The van der Waals surface area contributed by atoms with E-state index in [0.717, 1.165) is 17.8 Å². The van der Waals surface area contributed by atoms with E-state index in [9.17, 15) is 9.59 Å². The standard InChI is InChI=1S/C21H23N3O2S/c1-27-16-9-6-14(7-10-16)8-11-20(25)22-15-12-19-21(26)23-17-4-2-3-5-18(17)24(19)13-15/h2-7,9-10,15,19H,8,11-13H2,1H3,(H,22,25)(H,23,26). The third kappa shape index (κ3) is 3.81. The van der Waals surface area contributed by atoms with Crippen molar-refractivity contribution in [2.75, 3.05) is 23.0 Å². The molecule has 2 aromatic carbocycles. The molecule has 27 heavy (non-hydrogen) atoms. The maximum atomic E-state index is 12.4. The molecule has 2 N–H and O–H groups in total. The highest BCUT2D eigenvalue weighted by Crippen LogP contribution is 2.36. The van der Waals surface area contributed by atoms with Crippen LogP contribution in [0.4, 0.5) is 11.4 Å². The summed E-state index contributed by atoms with van der Waals surface area (Å²) in [5.41, 5.74) is 3.05. The van der Waals surface area contributed by atoms with Gasteiger partial charge in [0, 0.05) is 23.9 Å². The Kier molecular flexibility index (Phi) is 5.07. The Bertz CT molecular complexity index is 853. The molecule has 0 saturated carbocycles. The average Bonchev–Trinajstić information content (AvgIpc) is 3.11. The minimum Gasteiger partial charge on any atom is -0.356 e. The number of aryl methyl sites for hydroxylation is 1. The molecule has 2 heterocycles. The second-order valence-corrected chi connectivity index (χ2v) is 7.90. The number of carbonyl (C=O) groups is 2. The van der Waals surface area contributed by atoms with Gasteiger partial charge in [0.15, 0.2) is 0 Å². The van der Waals surface area contributed by atoms with E-state index in [1.165, 1.54) is 10.5 Å². The van der Waals surface area contributed by atoms with Crippen LogP contribution >= 0.6 is 11.8 Å². The molecule has 2 aliphatic rings. The number of nitrogens with one attached hydrogen (secondary N) is 2. The molecule has 2 atom stereocenters. The molecule has 0 spiro atoms. The number of nitrogens with zero attached hydrogens (tertiary/aromatic N) is 1. The van der Waals surface area contributed by atoms with Crippen molar-refractivity contribution in [1.29, 1.82) is 0 Å². The maximum Gasteiger partial charge on any atom is 0.247 e. The Hall–Kier alpha value is -2.47. The fourth-order valence-corrected chi connectivity index (χ4v) is 4.26. The fraction of sp³-hybridized carbons (Fsp3) is 0.333. The number of thioether (sulfide) groups is 1. The molecule has 0 aromatic heterocycles. The highest BCUT2D eigenvalue weighted by Gasteiger charge is 2.41. The molecular weight excluding hydrogens is 358 g/mol. The van der Waals surface area contributed by atoms with Crippen LogP contribution in [-0.2, 0) is 16.0 Å². The normalized spacial score (nSPS) is 20.6. The summed E-state index contributed by atoms with van der Waals surface area (Å²) in [5, 5.41) is 6.08. The molecular formula is C21H23N3O2S. The first kappa shape index (κ1) is 17.9. The molecule has 140 valence electrons. The zero-order chi connectivity index (χ0) is 18.8. The number of para-hydroxylation sites is 2. The van der Waals surface area contributed by atoms with Gasteiger partial charge in [0.25, 0.3) is 0 Å². The van der Waals surface area contributed by atoms with Crippen molar-refractivity contribution in [1.82, 2.24) is 5.32 Å². The number of carbonyl (C=O) groups excluding carboxylic acids is 2. The summed E-state index contributed by atoms with van der Waals surface area (Å²) in [6.45, 7) is 0.670. The first-order valence-electron chi connectivity index (χ1n) is 9.23. The number of fused-ring (bicyclic) bond motifs is 3. The van der Waals surface area contributed by atoms with E-state index in [1.807, 2.05) is 24.3 Å². The number of rotatable bonds is 5. The number of benzene rings is 2. The Morgan fingerprint density at radius 2 is 2.00 bits per heavy atom. The van der Waals surface area contributed by atoms with E-state index in [4.69, 9.17) is 0 Å². The second kappa shape index (κ2) is 7.64. The van der Waals surface area contributed by atoms with Crippen LogP contribution in [0.25, 0.3) is 0 Å². The molecule has 6 heteroatoms. The SMILES string of the molecule is CSc1ccc(CCC(=O)NC2CC3C(=O)Nc4ccccc4N3C2)cc1. The van der Waals surface area contributed by atoms with Crippen molar-refractivity contribution < 1.29 is 9.59 Å². The van der Waals surface area contributed by atoms with Gasteiger partial charge >= 0.3 is 0 Å². The van der Waals surface area contributed by atoms with Crippen LogP contribution in [0, 0.1) is 0 Å². The minimum absolute atomic E-state index is 0.00160. The van der Waals surface area contributed by atoms with Crippen molar-refractivity contribution >= 4 is 35.0 Å². The van der Waals surface area contributed by atoms with Crippen LogP contribution in [-0.4, -0.2) is 36.7 Å². The van der Waals surface area contributed by atoms with Crippen LogP contribution in [0.1, 0.15) is 18.4 Å². The fourth-order valence-electron chi connectivity index (χ4n) is 3.85. The molecule has 0 bridgehead atoms. The summed E-state index contributed by atoms with van der Waals surface area (Å²) in [6.07, 6.45) is 3.89. The second-order valence-electron chi connectivity index (χ2n) is 7.02. The van der Waals surface area contributed by atoms with Gasteiger partial charge in [0.2, 0.25) is 11.8 Å². The van der Waals surface area contributed by atoms with Crippen molar-refractivity contribution in [2.45, 2.75) is 36.2 Å². The number of hydrogen-bond acceptors (Lipinski definition) is 4. The molecule has 2 unspecified atom stereocenters. The lowest BCUT2D eigenvalue weighted by Crippen LogP contribution is -2.44. The quantitative estimate of drug-likeness (QED) is 0.782. The molecule has 5 nitrogen and oxygen atoms in total. The summed E-state index contributed by atoms with van der Waals surface area (Å²) in [4.78, 5) is 28.1. The molecule has 2 aromatic rings. The zero-order valence-corrected chi connectivity index (χ0v) is 16.1. The van der Waals surface area contributed by atoms with E-state index >= 15 is 0 Å². The molecule has 2 aliphatic heterocycles. The summed E-state index contributed by atoms with van der Waals surface area (Å²) in [5.74, 6) is 0.0572. The Balaban J connectivity index is 1.34. The van der Waals surface area contributed by atoms with Crippen LogP contribution in [0.5, 0.6) is 0 Å². The van der Waals surface area contributed by atoms with Gasteiger partial charge in [-0.15, -0.1) is 11.8 Å². The smallest absolute Gasteiger partial charge is 0.247 e. The molecule has 4 rings (SSSR count). The predicted molar refractivity (Wildman–Crippen MR) is 109 cm³/mol. The lowest BCUT2D eigenvalue weighted by atomic mass is 10.1. The van der Waals surface area contributed by atoms with Crippen LogP contribution < -0.4 is 15.5 Å². The van der Waals surface area contributed by atoms with Gasteiger partial charge in [-0.05, 0) is 48.9 Å². The third-order valence-corrected chi connectivity index (χ3v) is 5.98. The number of amides is 2. The van der Waals surface area contributed by atoms with Gasteiger partial charge in [0.1, 0.15) is 6.04 Å². The summed E-state index contributed by atoms with van der Waals surface area (Å²) < 4.78 is 0. The largest absolute Gasteiger partial charge is 0.356 e. The van der Waals surface area contributed by atoms with E-state index in [0.29, 0.717) is 19.4 Å². The lowest BCUT2D eigenvalue weighted by molar-refractivity contribution is -0.122. The molecule has 1 saturated heterocycles. The first-order chi connectivity index (χ1) is 13.1. The van der Waals surface area contributed by atoms with E-state index < -0.39 is 0 Å². The number of hydrogen-bond donors (Lipinski definition) is 2. The number of anilines is 2. The van der Waals surface area contributed by atoms with Crippen LogP contribution in [0.2, 0.25) is 0 Å². The highest BCUT2D eigenvalue weighted by atomic mass is 32.2. The van der Waals surface area contributed by atoms with Crippen molar-refractivity contribution in [3.8, 4) is 0 Å². The van der Waals surface area contributed by atoms with Crippen molar-refractivity contribution in [2.24, 2.45) is 0 Å². The van der Waals surface area contributed by atoms with E-state index in [1.54, 1.807) is 11.8 Å². The zero-order valence-electron chi connectivity index (χ0n) is 15.3. The lowest BCUT2D eigenvalue weighted by Gasteiger charge is -2.32. The van der Waals surface area contributed by atoms with Gasteiger partial charge in [-0.3, -0.25) is 9.59 Å². The monoisotopic (exact) mass is 381 g/mol. The predicted octanol–water partition coefficient (Wildman–Crippen LogP) is 3.06. The van der Waals surface area contributed by atoms with E-state index in [2.05, 4.69) is 46.1 Å². The first-order valence-corrected chi connectivity index (χ1v) is 10.5. The Morgan fingerprint density at radius 1 is 1.22 bits per heavy atom. The topological polar surface area (TPSA) is 61.4 Å². The highest BCUT2D eigenvalue weighted by molar-refractivity contribution is 7.98. The van der Waals surface area contributed by atoms with Crippen molar-refractivity contribution in [3.05, 3.63) is 54.1 Å². The maximum absolute atomic E-state index is 12.4. The Morgan fingerprint density at radius 3 is 2.78 bits per heavy atom. The molecule has 0 radical (unpaired) electrons. The summed E-state index contributed by atoms with van der Waals surface area (Å²) in [6, 6.07) is 15.9. The van der Waals surface area contributed by atoms with Gasteiger partial charge in [-0.1, -0.05) is 24.3 Å². The third-order valence-electron chi connectivity index (χ3n) is 5.24. The van der Waals surface area contributed by atoms with Crippen LogP contribution in [0.3, 0.4) is 0 Å². The van der Waals surface area contributed by atoms with Crippen molar-refractivity contribution in [3.63, 3.8) is 0 Å². The Labute approximate surface area is 163 Å². The minimum atomic E-state index is -0.204. The van der Waals surface area contributed by atoms with Crippen LogP contribution in [0.15, 0.2) is 53.4 Å². The van der Waals surface area contributed by atoms with E-state index in [-0.39, 0.29) is 23.9 Å². The molecule has 2 amide bonds. The summed E-state index contributed by atoms with van der Waals surface area (Å²) >= 11 is 1.71. The van der Waals surface area contributed by atoms with Gasteiger partial charge in [0.05, 0.1) is 11.4 Å². The molecule has 1 fully saturated rings. The van der Waals surface area contributed by atoms with Gasteiger partial charge in [-0.2, -0.15) is 0 Å².